The number of benzene rings is 2. The van der Waals surface area contributed by atoms with E-state index < -0.39 is 0 Å². The van der Waals surface area contributed by atoms with Crippen LogP contribution < -0.4 is 4.74 Å². The van der Waals surface area contributed by atoms with E-state index in [0.29, 0.717) is 6.61 Å². The van der Waals surface area contributed by atoms with Gasteiger partial charge in [-0.15, -0.1) is 0 Å². The summed E-state index contributed by atoms with van der Waals surface area (Å²) in [5.41, 5.74) is 2.91. The molecule has 0 fully saturated rings. The maximum atomic E-state index is 9.54. The number of nitrogens with one attached hydrogen (secondary N) is 1. The zero-order valence-corrected chi connectivity index (χ0v) is 10.8. The van der Waals surface area contributed by atoms with Gasteiger partial charge >= 0.3 is 0 Å². The van der Waals surface area contributed by atoms with Crippen molar-refractivity contribution in [3.8, 4) is 11.5 Å². The quantitative estimate of drug-likeness (QED) is 0.711. The van der Waals surface area contributed by atoms with Crippen molar-refractivity contribution in [2.45, 2.75) is 12.3 Å². The van der Waals surface area contributed by atoms with E-state index in [2.05, 4.69) is 16.0 Å². The maximum absolute atomic E-state index is 9.54. The molecule has 0 aliphatic carbocycles. The molecule has 2 N–H and O–H groups in total. The van der Waals surface area contributed by atoms with Gasteiger partial charge in [0.2, 0.25) is 0 Å². The number of phenolic OH excluding ortho intramolecular Hbond substituents is 1. The van der Waals surface area contributed by atoms with Gasteiger partial charge in [-0.25, -0.2) is 4.98 Å². The molecule has 1 aliphatic heterocycles. The van der Waals surface area contributed by atoms with Crippen molar-refractivity contribution in [3.05, 3.63) is 53.9 Å². The number of aromatic hydroxyl groups is 1. The number of ether oxygens (including phenoxy) is 1. The molecule has 3 aromatic rings. The Morgan fingerprint density at radius 3 is 3.05 bits per heavy atom. The Balaban J connectivity index is 1.84. The Morgan fingerprint density at radius 1 is 1.20 bits per heavy atom. The van der Waals surface area contributed by atoms with Crippen molar-refractivity contribution in [1.82, 2.24) is 9.97 Å². The number of aromatic nitrogens is 2. The van der Waals surface area contributed by atoms with Crippen LogP contribution in [0.1, 0.15) is 23.7 Å². The molecule has 1 aromatic heterocycles. The summed E-state index contributed by atoms with van der Waals surface area (Å²) in [6.07, 6.45) is 0.906. The summed E-state index contributed by atoms with van der Waals surface area (Å²) >= 11 is 0. The Bertz CT molecular complexity index is 779. The smallest absolute Gasteiger partial charge is 0.123 e. The Labute approximate surface area is 116 Å². The fourth-order valence-corrected chi connectivity index (χ4v) is 2.81. The molecule has 4 heteroatoms. The molecular formula is C16H14N2O2. The van der Waals surface area contributed by atoms with E-state index in [1.807, 2.05) is 24.3 Å². The van der Waals surface area contributed by atoms with Crippen molar-refractivity contribution in [2.75, 3.05) is 6.61 Å². The summed E-state index contributed by atoms with van der Waals surface area (Å²) in [5, 5.41) is 9.54. The molecule has 100 valence electrons. The molecule has 1 aliphatic rings. The van der Waals surface area contributed by atoms with Crippen LogP contribution in [0.3, 0.4) is 0 Å². The molecule has 20 heavy (non-hydrogen) atoms. The largest absolute Gasteiger partial charge is 0.508 e. The molecule has 2 heterocycles. The molecule has 0 radical (unpaired) electrons. The zero-order chi connectivity index (χ0) is 13.5. The van der Waals surface area contributed by atoms with Crippen molar-refractivity contribution >= 4 is 11.0 Å². The van der Waals surface area contributed by atoms with E-state index >= 15 is 0 Å². The summed E-state index contributed by atoms with van der Waals surface area (Å²) in [4.78, 5) is 7.97. The fraction of sp³-hybridized carbons (Fsp3) is 0.188. The monoisotopic (exact) mass is 266 g/mol. The van der Waals surface area contributed by atoms with Gasteiger partial charge < -0.3 is 14.8 Å². The summed E-state index contributed by atoms with van der Waals surface area (Å²) in [5.74, 6) is 2.34. The molecule has 0 bridgehead atoms. The molecule has 4 nitrogen and oxygen atoms in total. The molecule has 0 spiro atoms. The lowest BCUT2D eigenvalue weighted by atomic mass is 9.92. The standard InChI is InChI=1S/C16H14N2O2/c19-10-5-6-13-14(9-10)18-16(17-13)12-7-8-20-15-4-2-1-3-11(12)15/h1-6,9,12,19H,7-8H2,(H,17,18). The van der Waals surface area contributed by atoms with Crippen LogP contribution in [0.4, 0.5) is 0 Å². The topological polar surface area (TPSA) is 58.1 Å². The number of H-pyrrole nitrogens is 1. The van der Waals surface area contributed by atoms with E-state index in [4.69, 9.17) is 4.74 Å². The van der Waals surface area contributed by atoms with Crippen LogP contribution >= 0.6 is 0 Å². The molecule has 2 aromatic carbocycles. The number of fused-ring (bicyclic) bond motifs is 2. The van der Waals surface area contributed by atoms with Gasteiger partial charge in [0.25, 0.3) is 0 Å². The lowest BCUT2D eigenvalue weighted by molar-refractivity contribution is 0.275. The average molecular weight is 266 g/mol. The number of imidazole rings is 1. The third-order valence-corrected chi connectivity index (χ3v) is 3.77. The number of phenols is 1. The van der Waals surface area contributed by atoms with E-state index in [1.54, 1.807) is 12.1 Å². The predicted molar refractivity (Wildman–Crippen MR) is 76.2 cm³/mol. The van der Waals surface area contributed by atoms with E-state index in [0.717, 1.165) is 29.0 Å². The van der Waals surface area contributed by atoms with Crippen molar-refractivity contribution in [1.29, 1.82) is 0 Å². The number of nitrogens with zero attached hydrogens (tertiary/aromatic N) is 1. The third-order valence-electron chi connectivity index (χ3n) is 3.77. The Hall–Kier alpha value is -2.49. The molecule has 1 unspecified atom stereocenters. The van der Waals surface area contributed by atoms with Gasteiger partial charge in [0, 0.05) is 17.5 Å². The van der Waals surface area contributed by atoms with Gasteiger partial charge in [0.05, 0.1) is 17.6 Å². The number of rotatable bonds is 1. The third kappa shape index (κ3) is 1.72. The fourth-order valence-electron chi connectivity index (χ4n) is 2.81. The second kappa shape index (κ2) is 4.27. The van der Waals surface area contributed by atoms with Crippen molar-refractivity contribution in [3.63, 3.8) is 0 Å². The van der Waals surface area contributed by atoms with Crippen molar-refractivity contribution in [2.24, 2.45) is 0 Å². The normalized spacial score (nSPS) is 17.7. The summed E-state index contributed by atoms with van der Waals surface area (Å²) in [7, 11) is 0. The van der Waals surface area contributed by atoms with Gasteiger partial charge in [0.15, 0.2) is 0 Å². The minimum absolute atomic E-state index is 0.217. The zero-order valence-electron chi connectivity index (χ0n) is 10.8. The predicted octanol–water partition coefficient (Wildman–Crippen LogP) is 3.18. The first-order valence-corrected chi connectivity index (χ1v) is 6.71. The van der Waals surface area contributed by atoms with Crippen LogP contribution in [-0.4, -0.2) is 21.7 Å². The SMILES string of the molecule is Oc1ccc2nc(C3CCOc4ccccc43)[nH]c2c1. The highest BCUT2D eigenvalue weighted by Crippen LogP contribution is 2.37. The van der Waals surface area contributed by atoms with Gasteiger partial charge in [-0.2, -0.15) is 0 Å². The molecule has 0 amide bonds. The first kappa shape index (κ1) is 11.3. The van der Waals surface area contributed by atoms with Crippen LogP contribution in [0.25, 0.3) is 11.0 Å². The number of para-hydroxylation sites is 1. The molecule has 0 saturated heterocycles. The van der Waals surface area contributed by atoms with Crippen LogP contribution in [0.5, 0.6) is 11.5 Å². The molecule has 0 saturated carbocycles. The summed E-state index contributed by atoms with van der Waals surface area (Å²) in [6, 6.07) is 13.3. The van der Waals surface area contributed by atoms with Crippen LogP contribution in [0, 0.1) is 0 Å². The molecule has 1 atom stereocenters. The second-order valence-electron chi connectivity index (χ2n) is 5.05. The Kier molecular flexibility index (Phi) is 2.42. The van der Waals surface area contributed by atoms with E-state index in [1.165, 1.54) is 5.56 Å². The summed E-state index contributed by atoms with van der Waals surface area (Å²) < 4.78 is 5.69. The first-order chi connectivity index (χ1) is 9.81. The van der Waals surface area contributed by atoms with E-state index in [-0.39, 0.29) is 11.7 Å². The average Bonchev–Trinajstić information content (AvgIpc) is 2.89. The maximum Gasteiger partial charge on any atom is 0.123 e. The van der Waals surface area contributed by atoms with Crippen LogP contribution in [0.15, 0.2) is 42.5 Å². The number of aromatic amines is 1. The number of hydrogen-bond acceptors (Lipinski definition) is 3. The lowest BCUT2D eigenvalue weighted by Crippen LogP contribution is -2.16. The molecule has 4 rings (SSSR count). The minimum atomic E-state index is 0.217. The molecular weight excluding hydrogens is 252 g/mol. The van der Waals surface area contributed by atoms with Gasteiger partial charge in [-0.1, -0.05) is 18.2 Å². The highest BCUT2D eigenvalue weighted by atomic mass is 16.5. The first-order valence-electron chi connectivity index (χ1n) is 6.71. The lowest BCUT2D eigenvalue weighted by Gasteiger charge is -2.24. The van der Waals surface area contributed by atoms with Crippen LogP contribution in [0.2, 0.25) is 0 Å². The van der Waals surface area contributed by atoms with Gasteiger partial charge in [0.1, 0.15) is 17.3 Å². The Morgan fingerprint density at radius 2 is 2.10 bits per heavy atom. The van der Waals surface area contributed by atoms with Gasteiger partial charge in [-0.05, 0) is 24.6 Å². The summed E-state index contributed by atoms with van der Waals surface area (Å²) in [6.45, 7) is 0.698. The van der Waals surface area contributed by atoms with E-state index in [9.17, 15) is 5.11 Å². The highest BCUT2D eigenvalue weighted by molar-refractivity contribution is 5.77. The number of hydrogen-bond donors (Lipinski definition) is 2. The van der Waals surface area contributed by atoms with Crippen molar-refractivity contribution < 1.29 is 9.84 Å². The second-order valence-corrected chi connectivity index (χ2v) is 5.05. The highest BCUT2D eigenvalue weighted by Gasteiger charge is 2.25. The van der Waals surface area contributed by atoms with Crippen LogP contribution in [-0.2, 0) is 0 Å². The minimum Gasteiger partial charge on any atom is -0.508 e. The van der Waals surface area contributed by atoms with Gasteiger partial charge in [-0.3, -0.25) is 0 Å².